The first kappa shape index (κ1) is 23.6. The summed E-state index contributed by atoms with van der Waals surface area (Å²) in [5, 5.41) is 0. The Balaban J connectivity index is 0.000000575. The van der Waals surface area contributed by atoms with Gasteiger partial charge in [-0.2, -0.15) is 0 Å². The number of rotatable bonds is 6. The fourth-order valence-electron chi connectivity index (χ4n) is 3.18. The quantitative estimate of drug-likeness (QED) is 0.168. The van der Waals surface area contributed by atoms with E-state index >= 15 is 0 Å². The first-order chi connectivity index (χ1) is 14.3. The zero-order chi connectivity index (χ0) is 22.0. The van der Waals surface area contributed by atoms with Gasteiger partial charge in [0.15, 0.2) is 0 Å². The minimum Gasteiger partial charge on any atom is -0.461 e. The van der Waals surface area contributed by atoms with E-state index in [9.17, 15) is 22.1 Å². The Kier molecular flexibility index (Phi) is 8.61. The average molecular weight is 436 g/mol. The van der Waals surface area contributed by atoms with Gasteiger partial charge in [-0.25, -0.2) is 4.79 Å². The van der Waals surface area contributed by atoms with Crippen molar-refractivity contribution in [1.29, 1.82) is 0 Å². The van der Waals surface area contributed by atoms with E-state index < -0.39 is 12.7 Å². The average Bonchev–Trinajstić information content (AvgIpc) is 2.75. The van der Waals surface area contributed by atoms with Crippen LogP contribution in [0.5, 0.6) is 0 Å². The second-order valence-electron chi connectivity index (χ2n) is 6.41. The lowest BCUT2D eigenvalue weighted by atomic mass is 9.70. The molecule has 0 fully saturated rings. The molecule has 0 saturated carbocycles. The van der Waals surface area contributed by atoms with Crippen molar-refractivity contribution in [2.45, 2.75) is 5.41 Å². The van der Waals surface area contributed by atoms with E-state index in [4.69, 9.17) is 4.74 Å². The molecule has 0 N–H and O–H groups in total. The molecule has 8 heteroatoms. The molecular weight excluding hydrogens is 414 g/mol. The summed E-state index contributed by atoms with van der Waals surface area (Å²) in [6.45, 7) is 0.280. The lowest BCUT2D eigenvalue weighted by Crippen LogP contribution is -2.36. The third kappa shape index (κ3) is 6.70. The Bertz CT molecular complexity index is 804. The second kappa shape index (κ2) is 10.9. The molecule has 0 aliphatic carbocycles. The van der Waals surface area contributed by atoms with Gasteiger partial charge >= 0.3 is 13.2 Å². The fraction of sp³-hybridized carbons (Fsp3) is 0.136. The predicted octanol–water partition coefficient (Wildman–Crippen LogP) is 5.47. The lowest BCUT2D eigenvalue weighted by molar-refractivity contribution is -0.141. The maximum absolute atomic E-state index is 11.9. The molecule has 0 aromatic heterocycles. The van der Waals surface area contributed by atoms with Gasteiger partial charge in [-0.15, -0.1) is 0 Å². The largest absolute Gasteiger partial charge is 0.673 e. The van der Waals surface area contributed by atoms with Crippen molar-refractivity contribution in [3.8, 4) is 0 Å². The van der Waals surface area contributed by atoms with Crippen LogP contribution in [0, 0.1) is 0 Å². The molecule has 0 aliphatic heterocycles. The molecular formula is C22H22BF4O2P. The molecule has 0 heterocycles. The SMILES string of the molecule is F[B-](F)(F)F.O=C(C[PH3+])OCC(c1ccccc1)(c1ccccc1)c1ccccc1. The van der Waals surface area contributed by atoms with Gasteiger partial charge in [0.2, 0.25) is 0 Å². The van der Waals surface area contributed by atoms with E-state index in [0.717, 1.165) is 16.7 Å². The summed E-state index contributed by atoms with van der Waals surface area (Å²) in [7, 11) is -4.38. The van der Waals surface area contributed by atoms with E-state index in [1.807, 2.05) is 54.6 Å². The summed E-state index contributed by atoms with van der Waals surface area (Å²) in [4.78, 5) is 11.9. The van der Waals surface area contributed by atoms with Gasteiger partial charge in [0.1, 0.15) is 12.8 Å². The maximum atomic E-state index is 11.9. The van der Waals surface area contributed by atoms with Crippen molar-refractivity contribution in [3.05, 3.63) is 108 Å². The third-order valence-corrected chi connectivity index (χ3v) is 4.86. The molecule has 30 heavy (non-hydrogen) atoms. The van der Waals surface area contributed by atoms with E-state index in [1.54, 1.807) is 9.24 Å². The van der Waals surface area contributed by atoms with E-state index in [1.165, 1.54) is 0 Å². The van der Waals surface area contributed by atoms with Gasteiger partial charge in [-0.05, 0) is 25.9 Å². The summed E-state index contributed by atoms with van der Waals surface area (Å²) < 4.78 is 44.7. The van der Waals surface area contributed by atoms with Crippen LogP contribution in [0.15, 0.2) is 91.0 Å². The summed E-state index contributed by atoms with van der Waals surface area (Å²) in [6.07, 6.45) is 0.397. The van der Waals surface area contributed by atoms with Crippen molar-refractivity contribution < 1.29 is 26.8 Å². The van der Waals surface area contributed by atoms with Crippen LogP contribution in [0.3, 0.4) is 0 Å². The molecule has 1 atom stereocenters. The number of ether oxygens (including phenoxy) is 1. The molecule has 0 radical (unpaired) electrons. The Morgan fingerprint density at radius 3 is 1.30 bits per heavy atom. The highest BCUT2D eigenvalue weighted by Crippen LogP contribution is 2.39. The Morgan fingerprint density at radius 1 is 0.733 bits per heavy atom. The van der Waals surface area contributed by atoms with Crippen LogP contribution in [0.25, 0.3) is 0 Å². The standard InChI is InChI=1S/C22H21O2P.BF4/c23-21(16-25)24-17-22(18-10-4-1-5-11-18,19-12-6-2-7-13-19)20-14-8-3-9-15-20;2-1(3,4)5/h1-15H,16-17,25H2;/q;-1/p+1. The Labute approximate surface area is 175 Å². The molecule has 158 valence electrons. The van der Waals surface area contributed by atoms with Crippen molar-refractivity contribution in [2.75, 3.05) is 12.8 Å². The predicted molar refractivity (Wildman–Crippen MR) is 116 cm³/mol. The van der Waals surface area contributed by atoms with Crippen LogP contribution in [-0.2, 0) is 14.9 Å². The van der Waals surface area contributed by atoms with Crippen LogP contribution in [0.2, 0.25) is 0 Å². The number of carbonyl (C=O) groups excluding carboxylic acids is 1. The lowest BCUT2D eigenvalue weighted by Gasteiger charge is -2.35. The number of hydrogen-bond acceptors (Lipinski definition) is 2. The highest BCUT2D eigenvalue weighted by molar-refractivity contribution is 7.18. The Morgan fingerprint density at radius 2 is 1.03 bits per heavy atom. The normalized spacial score (nSPS) is 11.3. The zero-order valence-corrected chi connectivity index (χ0v) is 17.6. The molecule has 3 aromatic rings. The third-order valence-electron chi connectivity index (χ3n) is 4.45. The monoisotopic (exact) mass is 436 g/mol. The molecule has 3 aromatic carbocycles. The summed E-state index contributed by atoms with van der Waals surface area (Å²) in [5.41, 5.74) is 2.80. The topological polar surface area (TPSA) is 26.3 Å². The van der Waals surface area contributed by atoms with Gasteiger partial charge in [0.25, 0.3) is 0 Å². The second-order valence-corrected chi connectivity index (χ2v) is 6.91. The summed E-state index contributed by atoms with van der Waals surface area (Å²) in [6, 6.07) is 30.8. The molecule has 3 rings (SSSR count). The summed E-state index contributed by atoms with van der Waals surface area (Å²) >= 11 is 0. The highest BCUT2D eigenvalue weighted by Gasteiger charge is 2.37. The molecule has 1 unspecified atom stereocenters. The van der Waals surface area contributed by atoms with Gasteiger partial charge in [-0.1, -0.05) is 91.0 Å². The fourth-order valence-corrected chi connectivity index (χ4v) is 3.32. The van der Waals surface area contributed by atoms with Crippen LogP contribution >= 0.6 is 9.24 Å². The molecule has 2 nitrogen and oxygen atoms in total. The molecule has 0 spiro atoms. The van der Waals surface area contributed by atoms with Gasteiger partial charge in [-0.3, -0.25) is 0 Å². The smallest absolute Gasteiger partial charge is 0.461 e. The van der Waals surface area contributed by atoms with Crippen molar-refractivity contribution in [2.24, 2.45) is 0 Å². The van der Waals surface area contributed by atoms with Gasteiger partial charge in [0, 0.05) is 0 Å². The minimum atomic E-state index is -6.00. The number of halogens is 4. The van der Waals surface area contributed by atoms with E-state index in [2.05, 4.69) is 36.4 Å². The maximum Gasteiger partial charge on any atom is 0.673 e. The number of benzene rings is 3. The van der Waals surface area contributed by atoms with Crippen LogP contribution in [0.1, 0.15) is 16.7 Å². The van der Waals surface area contributed by atoms with Gasteiger partial charge < -0.3 is 22.0 Å². The van der Waals surface area contributed by atoms with Crippen LogP contribution in [-0.4, -0.2) is 26.0 Å². The number of esters is 1. The van der Waals surface area contributed by atoms with E-state index in [0.29, 0.717) is 6.16 Å². The highest BCUT2D eigenvalue weighted by atomic mass is 31.0. The number of carbonyl (C=O) groups is 1. The molecule has 0 saturated heterocycles. The molecule has 0 bridgehead atoms. The van der Waals surface area contributed by atoms with Gasteiger partial charge in [0.05, 0.1) is 5.41 Å². The summed E-state index contributed by atoms with van der Waals surface area (Å²) in [5.74, 6) is -0.175. The molecule has 0 aliphatic rings. The van der Waals surface area contributed by atoms with Crippen molar-refractivity contribution in [1.82, 2.24) is 0 Å². The first-order valence-corrected chi connectivity index (χ1v) is 10.3. The number of hydrogen-bond donors (Lipinski definition) is 0. The van der Waals surface area contributed by atoms with E-state index in [-0.39, 0.29) is 12.6 Å². The molecule has 0 amide bonds. The van der Waals surface area contributed by atoms with Crippen molar-refractivity contribution >= 4 is 22.5 Å². The van der Waals surface area contributed by atoms with Crippen LogP contribution < -0.4 is 0 Å². The zero-order valence-electron chi connectivity index (χ0n) is 16.2. The minimum absolute atomic E-state index is 0.175. The first-order valence-electron chi connectivity index (χ1n) is 9.26. The Hall–Kier alpha value is -2.66. The van der Waals surface area contributed by atoms with Crippen molar-refractivity contribution in [3.63, 3.8) is 0 Å². The van der Waals surface area contributed by atoms with Crippen LogP contribution in [0.4, 0.5) is 17.3 Å².